The fourth-order valence-electron chi connectivity index (χ4n) is 2.81. The minimum atomic E-state index is -0.604. The van der Waals surface area contributed by atoms with Crippen LogP contribution in [0.4, 0.5) is 0 Å². The van der Waals surface area contributed by atoms with E-state index in [1.54, 1.807) is 30.8 Å². The molecule has 0 atom stereocenters. The lowest BCUT2D eigenvalue weighted by molar-refractivity contribution is 0.0706. The lowest BCUT2D eigenvalue weighted by Crippen LogP contribution is -2.28. The van der Waals surface area contributed by atoms with Gasteiger partial charge in [0, 0.05) is 24.1 Å². The van der Waals surface area contributed by atoms with Gasteiger partial charge in [0.05, 0.1) is 18.7 Å². The number of hydrogen-bond acceptors (Lipinski definition) is 7. The average Bonchev–Trinajstić information content (AvgIpc) is 2.81. The van der Waals surface area contributed by atoms with Gasteiger partial charge in [0.25, 0.3) is 11.8 Å². The van der Waals surface area contributed by atoms with Crippen LogP contribution in [0.25, 0.3) is 10.9 Å². The fourth-order valence-corrected chi connectivity index (χ4v) is 2.81. The second-order valence-electron chi connectivity index (χ2n) is 6.43. The van der Waals surface area contributed by atoms with Gasteiger partial charge in [0.15, 0.2) is 0 Å². The zero-order chi connectivity index (χ0) is 22.1. The van der Waals surface area contributed by atoms with Gasteiger partial charge in [-0.25, -0.2) is 10.5 Å². The van der Waals surface area contributed by atoms with Crippen LogP contribution in [0.2, 0.25) is 0 Å². The SMILES string of the molecule is COCCOc1cc(C(=O)NCCOc2ccc(C(=O)NO)cc2)nc2ccccc12. The van der Waals surface area contributed by atoms with Gasteiger partial charge in [-0.05, 0) is 36.4 Å². The standard InChI is InChI=1S/C22H23N3O6/c1-29-12-13-31-20-14-19(24-18-5-3-2-4-17(18)20)22(27)23-10-11-30-16-8-6-15(7-9-16)21(26)25-28/h2-9,14,28H,10-13H2,1H3,(H,23,27)(H,25,26). The molecule has 0 radical (unpaired) electrons. The van der Waals surface area contributed by atoms with E-state index < -0.39 is 5.91 Å². The summed E-state index contributed by atoms with van der Waals surface area (Å²) in [6, 6.07) is 15.3. The number of ether oxygens (including phenoxy) is 3. The zero-order valence-electron chi connectivity index (χ0n) is 17.0. The summed E-state index contributed by atoms with van der Waals surface area (Å²) in [5.41, 5.74) is 2.76. The van der Waals surface area contributed by atoms with Crippen LogP contribution in [0.5, 0.6) is 11.5 Å². The molecular formula is C22H23N3O6. The highest BCUT2D eigenvalue weighted by atomic mass is 16.5. The van der Waals surface area contributed by atoms with Gasteiger partial charge >= 0.3 is 0 Å². The van der Waals surface area contributed by atoms with Gasteiger partial charge in [-0.1, -0.05) is 12.1 Å². The third-order valence-corrected chi connectivity index (χ3v) is 4.33. The Balaban J connectivity index is 1.58. The van der Waals surface area contributed by atoms with E-state index in [1.807, 2.05) is 24.3 Å². The number of rotatable bonds is 10. The summed E-state index contributed by atoms with van der Waals surface area (Å²) in [7, 11) is 1.59. The van der Waals surface area contributed by atoms with E-state index in [1.165, 1.54) is 12.1 Å². The molecule has 3 aromatic rings. The summed E-state index contributed by atoms with van der Waals surface area (Å²) < 4.78 is 16.3. The number of carbonyl (C=O) groups is 2. The number of pyridine rings is 1. The molecule has 162 valence electrons. The Kier molecular flexibility index (Phi) is 7.74. The fraction of sp³-hybridized carbons (Fsp3) is 0.227. The molecule has 3 rings (SSSR count). The highest BCUT2D eigenvalue weighted by molar-refractivity contribution is 5.97. The second-order valence-corrected chi connectivity index (χ2v) is 6.43. The number of nitrogens with one attached hydrogen (secondary N) is 2. The van der Waals surface area contributed by atoms with Gasteiger partial charge < -0.3 is 19.5 Å². The van der Waals surface area contributed by atoms with Crippen molar-refractivity contribution in [2.75, 3.05) is 33.5 Å². The highest BCUT2D eigenvalue weighted by Gasteiger charge is 2.13. The summed E-state index contributed by atoms with van der Waals surface area (Å²) in [4.78, 5) is 28.3. The van der Waals surface area contributed by atoms with Crippen LogP contribution in [0.1, 0.15) is 20.8 Å². The Morgan fingerprint density at radius 3 is 2.48 bits per heavy atom. The lowest BCUT2D eigenvalue weighted by Gasteiger charge is -2.12. The van der Waals surface area contributed by atoms with Gasteiger partial charge in [0.1, 0.15) is 30.4 Å². The third-order valence-electron chi connectivity index (χ3n) is 4.33. The number of aromatic nitrogens is 1. The van der Waals surface area contributed by atoms with Crippen molar-refractivity contribution in [3.63, 3.8) is 0 Å². The minimum Gasteiger partial charge on any atom is -0.492 e. The van der Waals surface area contributed by atoms with Crippen LogP contribution in [-0.2, 0) is 4.74 Å². The molecule has 0 saturated heterocycles. The van der Waals surface area contributed by atoms with E-state index in [9.17, 15) is 9.59 Å². The molecule has 0 aliphatic heterocycles. The molecule has 2 amide bonds. The lowest BCUT2D eigenvalue weighted by atomic mass is 10.1. The number of hydrogen-bond donors (Lipinski definition) is 3. The number of amides is 2. The Morgan fingerprint density at radius 2 is 1.74 bits per heavy atom. The first-order valence-electron chi connectivity index (χ1n) is 9.59. The average molecular weight is 425 g/mol. The van der Waals surface area contributed by atoms with E-state index in [0.717, 1.165) is 5.39 Å². The van der Waals surface area contributed by atoms with Crippen molar-refractivity contribution in [2.45, 2.75) is 0 Å². The molecule has 3 N–H and O–H groups in total. The van der Waals surface area contributed by atoms with E-state index in [2.05, 4.69) is 10.3 Å². The first-order valence-corrected chi connectivity index (χ1v) is 9.59. The van der Waals surface area contributed by atoms with Crippen LogP contribution >= 0.6 is 0 Å². The molecule has 0 bridgehead atoms. The van der Waals surface area contributed by atoms with Gasteiger partial charge in [0.2, 0.25) is 0 Å². The number of nitrogens with zero attached hydrogens (tertiary/aromatic N) is 1. The molecular weight excluding hydrogens is 402 g/mol. The number of para-hydroxylation sites is 1. The first-order chi connectivity index (χ1) is 15.1. The van der Waals surface area contributed by atoms with Crippen molar-refractivity contribution >= 4 is 22.7 Å². The minimum absolute atomic E-state index is 0.224. The van der Waals surface area contributed by atoms with E-state index in [0.29, 0.717) is 35.8 Å². The Morgan fingerprint density at radius 1 is 0.968 bits per heavy atom. The van der Waals surface area contributed by atoms with Crippen molar-refractivity contribution in [3.8, 4) is 11.5 Å². The molecule has 0 spiro atoms. The van der Waals surface area contributed by atoms with Crippen LogP contribution in [0, 0.1) is 0 Å². The molecule has 1 heterocycles. The maximum absolute atomic E-state index is 12.6. The maximum atomic E-state index is 12.6. The molecule has 0 saturated carbocycles. The normalized spacial score (nSPS) is 10.5. The van der Waals surface area contributed by atoms with Crippen LogP contribution < -0.4 is 20.3 Å². The number of methoxy groups -OCH3 is 1. The number of benzene rings is 2. The summed E-state index contributed by atoms with van der Waals surface area (Å²) in [6.07, 6.45) is 0. The van der Waals surface area contributed by atoms with E-state index in [-0.39, 0.29) is 24.8 Å². The topological polar surface area (TPSA) is 119 Å². The maximum Gasteiger partial charge on any atom is 0.274 e. The predicted octanol–water partition coefficient (Wildman–Crippen LogP) is 2.19. The van der Waals surface area contributed by atoms with Crippen LogP contribution in [-0.4, -0.2) is 55.5 Å². The molecule has 9 nitrogen and oxygen atoms in total. The summed E-state index contributed by atoms with van der Waals surface area (Å²) in [5, 5.41) is 12.2. The first kappa shape index (κ1) is 22.0. The molecule has 2 aromatic carbocycles. The monoisotopic (exact) mass is 425 g/mol. The van der Waals surface area contributed by atoms with Crippen LogP contribution in [0.15, 0.2) is 54.6 Å². The Labute approximate surface area is 178 Å². The van der Waals surface area contributed by atoms with Gasteiger partial charge in [-0.2, -0.15) is 0 Å². The predicted molar refractivity (Wildman–Crippen MR) is 113 cm³/mol. The third kappa shape index (κ3) is 5.91. The van der Waals surface area contributed by atoms with E-state index >= 15 is 0 Å². The Hall–Kier alpha value is -3.69. The number of carbonyl (C=O) groups excluding carboxylic acids is 2. The van der Waals surface area contributed by atoms with Crippen molar-refractivity contribution in [1.29, 1.82) is 0 Å². The molecule has 31 heavy (non-hydrogen) atoms. The molecule has 9 heteroatoms. The van der Waals surface area contributed by atoms with Crippen LogP contribution in [0.3, 0.4) is 0 Å². The summed E-state index contributed by atoms with van der Waals surface area (Å²) in [6.45, 7) is 1.27. The summed E-state index contributed by atoms with van der Waals surface area (Å²) >= 11 is 0. The van der Waals surface area contributed by atoms with E-state index in [4.69, 9.17) is 19.4 Å². The second kappa shape index (κ2) is 10.9. The van der Waals surface area contributed by atoms with Gasteiger partial charge in [-0.15, -0.1) is 0 Å². The van der Waals surface area contributed by atoms with Crippen molar-refractivity contribution in [2.24, 2.45) is 0 Å². The molecule has 0 aliphatic rings. The number of fused-ring (bicyclic) bond motifs is 1. The molecule has 0 unspecified atom stereocenters. The highest BCUT2D eigenvalue weighted by Crippen LogP contribution is 2.25. The van der Waals surface area contributed by atoms with Crippen molar-refractivity contribution < 1.29 is 29.0 Å². The van der Waals surface area contributed by atoms with Crippen molar-refractivity contribution in [1.82, 2.24) is 15.8 Å². The van der Waals surface area contributed by atoms with Gasteiger partial charge in [-0.3, -0.25) is 14.8 Å². The Bertz CT molecular complexity index is 1040. The molecule has 0 fully saturated rings. The quantitative estimate of drug-likeness (QED) is 0.259. The zero-order valence-corrected chi connectivity index (χ0v) is 17.0. The number of hydroxylamine groups is 1. The molecule has 0 aliphatic carbocycles. The smallest absolute Gasteiger partial charge is 0.274 e. The summed E-state index contributed by atoms with van der Waals surface area (Å²) in [5.74, 6) is 0.144. The largest absolute Gasteiger partial charge is 0.492 e. The molecule has 1 aromatic heterocycles. The van der Waals surface area contributed by atoms with Crippen molar-refractivity contribution in [3.05, 3.63) is 65.9 Å².